The molecule has 1 saturated heterocycles. The van der Waals surface area contributed by atoms with Gasteiger partial charge in [0.25, 0.3) is 0 Å². The zero-order valence-electron chi connectivity index (χ0n) is 15.3. The van der Waals surface area contributed by atoms with Gasteiger partial charge in [-0.15, -0.1) is 37.2 Å². The third kappa shape index (κ3) is 8.13. The van der Waals surface area contributed by atoms with E-state index in [2.05, 4.69) is 15.3 Å². The number of hydrogen-bond donors (Lipinski definition) is 1. The summed E-state index contributed by atoms with van der Waals surface area (Å²) >= 11 is 0. The molecule has 1 aliphatic rings. The topological polar surface area (TPSA) is 53.4 Å². The fourth-order valence-corrected chi connectivity index (χ4v) is 3.13. The fourth-order valence-electron chi connectivity index (χ4n) is 3.13. The van der Waals surface area contributed by atoms with Gasteiger partial charge in [-0.3, -0.25) is 9.48 Å². The summed E-state index contributed by atoms with van der Waals surface area (Å²) in [5, 5.41) is 7.31. The van der Waals surface area contributed by atoms with Crippen molar-refractivity contribution in [2.24, 2.45) is 5.92 Å². The lowest BCUT2D eigenvalue weighted by Gasteiger charge is -2.37. The van der Waals surface area contributed by atoms with Gasteiger partial charge in [0, 0.05) is 57.6 Å². The van der Waals surface area contributed by atoms with E-state index in [0.717, 1.165) is 45.6 Å². The highest BCUT2D eigenvalue weighted by Gasteiger charge is 2.27. The number of hydrogen-bond acceptors (Lipinski definition) is 4. The summed E-state index contributed by atoms with van der Waals surface area (Å²) in [5.41, 5.74) is 0. The van der Waals surface area contributed by atoms with E-state index in [0.29, 0.717) is 6.04 Å². The lowest BCUT2D eigenvalue weighted by atomic mass is 10.0. The molecule has 148 valence electrons. The van der Waals surface area contributed by atoms with Crippen molar-refractivity contribution >= 4 is 43.1 Å². The maximum absolute atomic E-state index is 12.4. The lowest BCUT2D eigenvalue weighted by Crippen LogP contribution is -2.48. The third-order valence-corrected chi connectivity index (χ3v) is 4.59. The molecule has 1 atom stereocenters. The van der Waals surface area contributed by atoms with Gasteiger partial charge < -0.3 is 15.1 Å². The average Bonchev–Trinajstić information content (AvgIpc) is 3.05. The smallest absolute Gasteiger partial charge is 0.226 e. The number of carbonyl (C=O) groups is 1. The third-order valence-electron chi connectivity index (χ3n) is 4.59. The number of likely N-dealkylation sites (tertiary alicyclic amines) is 1. The number of amides is 1. The van der Waals surface area contributed by atoms with Crippen molar-refractivity contribution in [1.29, 1.82) is 0 Å². The van der Waals surface area contributed by atoms with E-state index in [1.54, 1.807) is 0 Å². The van der Waals surface area contributed by atoms with Crippen LogP contribution < -0.4 is 5.32 Å². The second-order valence-electron chi connectivity index (χ2n) is 6.25. The molecule has 1 amide bonds. The van der Waals surface area contributed by atoms with Crippen molar-refractivity contribution in [3.63, 3.8) is 0 Å². The standard InChI is InChI=1S/C16H29N5O.3ClH/c1-14(13-17-2)16(22)19(3)15-5-9-20(10-6-15)11-12-21-8-4-7-18-21;;;/h4,7-8,14-15,17H,5-6,9-13H2,1-3H3;3*1H. The molecule has 0 saturated carbocycles. The molecule has 2 rings (SSSR count). The molecule has 0 radical (unpaired) electrons. The summed E-state index contributed by atoms with van der Waals surface area (Å²) in [6, 6.07) is 2.34. The number of nitrogens with one attached hydrogen (secondary N) is 1. The molecule has 6 nitrogen and oxygen atoms in total. The van der Waals surface area contributed by atoms with Gasteiger partial charge in [0.15, 0.2) is 0 Å². The molecule has 0 aliphatic carbocycles. The summed E-state index contributed by atoms with van der Waals surface area (Å²) in [6.45, 7) is 6.82. The fraction of sp³-hybridized carbons (Fsp3) is 0.750. The van der Waals surface area contributed by atoms with Crippen LogP contribution in [0.15, 0.2) is 18.5 Å². The van der Waals surface area contributed by atoms with Crippen LogP contribution in [0.3, 0.4) is 0 Å². The molecule has 9 heteroatoms. The van der Waals surface area contributed by atoms with Gasteiger partial charge >= 0.3 is 0 Å². The van der Waals surface area contributed by atoms with E-state index >= 15 is 0 Å². The van der Waals surface area contributed by atoms with E-state index in [1.807, 2.05) is 49.1 Å². The van der Waals surface area contributed by atoms with Crippen LogP contribution in [-0.2, 0) is 11.3 Å². The summed E-state index contributed by atoms with van der Waals surface area (Å²) < 4.78 is 1.97. The second-order valence-corrected chi connectivity index (χ2v) is 6.25. The van der Waals surface area contributed by atoms with Gasteiger partial charge in [-0.2, -0.15) is 5.10 Å². The van der Waals surface area contributed by atoms with Crippen molar-refractivity contribution in [2.45, 2.75) is 32.4 Å². The molecule has 0 aromatic carbocycles. The molecular formula is C16H32Cl3N5O. The first-order chi connectivity index (χ1) is 10.6. The number of carbonyl (C=O) groups excluding carboxylic acids is 1. The Morgan fingerprint density at radius 2 is 1.92 bits per heavy atom. The molecule has 1 aromatic heterocycles. The SMILES string of the molecule is CNCC(C)C(=O)N(C)C1CCN(CCn2cccn2)CC1.Cl.Cl.Cl. The first-order valence-electron chi connectivity index (χ1n) is 8.23. The van der Waals surface area contributed by atoms with Gasteiger partial charge in [0.05, 0.1) is 6.54 Å². The van der Waals surface area contributed by atoms with Crippen LogP contribution in [0.1, 0.15) is 19.8 Å². The largest absolute Gasteiger partial charge is 0.342 e. The zero-order valence-corrected chi connectivity index (χ0v) is 17.7. The first-order valence-corrected chi connectivity index (χ1v) is 8.23. The van der Waals surface area contributed by atoms with E-state index in [-0.39, 0.29) is 49.0 Å². The molecule has 1 aliphatic heterocycles. The minimum atomic E-state index is 0. The van der Waals surface area contributed by atoms with Crippen LogP contribution >= 0.6 is 37.2 Å². The number of piperidine rings is 1. The zero-order chi connectivity index (χ0) is 15.9. The van der Waals surface area contributed by atoms with Crippen molar-refractivity contribution in [3.8, 4) is 0 Å². The van der Waals surface area contributed by atoms with E-state index < -0.39 is 0 Å². The molecule has 1 N–H and O–H groups in total. The van der Waals surface area contributed by atoms with Crippen LogP contribution in [0.5, 0.6) is 0 Å². The Bertz CT molecular complexity index is 453. The molecule has 1 aromatic rings. The van der Waals surface area contributed by atoms with Crippen LogP contribution in [0.2, 0.25) is 0 Å². The van der Waals surface area contributed by atoms with E-state index in [4.69, 9.17) is 0 Å². The van der Waals surface area contributed by atoms with Crippen LogP contribution in [0.25, 0.3) is 0 Å². The van der Waals surface area contributed by atoms with E-state index in [9.17, 15) is 4.79 Å². The predicted octanol–water partition coefficient (Wildman–Crippen LogP) is 1.93. The Balaban J connectivity index is 0. The van der Waals surface area contributed by atoms with Crippen LogP contribution in [0, 0.1) is 5.92 Å². The van der Waals surface area contributed by atoms with Crippen molar-refractivity contribution in [1.82, 2.24) is 24.9 Å². The molecule has 0 spiro atoms. The minimum Gasteiger partial charge on any atom is -0.342 e. The van der Waals surface area contributed by atoms with Crippen molar-refractivity contribution < 1.29 is 4.79 Å². The molecule has 1 fully saturated rings. The molecule has 0 bridgehead atoms. The van der Waals surface area contributed by atoms with Crippen LogP contribution in [-0.4, -0.2) is 71.8 Å². The summed E-state index contributed by atoms with van der Waals surface area (Å²) in [7, 11) is 3.85. The quantitative estimate of drug-likeness (QED) is 0.738. The Hall–Kier alpha value is -0.530. The Kier molecular flexibility index (Phi) is 14.6. The van der Waals surface area contributed by atoms with Gasteiger partial charge in [-0.25, -0.2) is 0 Å². The van der Waals surface area contributed by atoms with Gasteiger partial charge in [-0.05, 0) is 26.0 Å². The van der Waals surface area contributed by atoms with Gasteiger partial charge in [0.2, 0.25) is 5.91 Å². The molecule has 25 heavy (non-hydrogen) atoms. The Morgan fingerprint density at radius 1 is 1.28 bits per heavy atom. The van der Waals surface area contributed by atoms with Crippen molar-refractivity contribution in [3.05, 3.63) is 18.5 Å². The highest BCUT2D eigenvalue weighted by Crippen LogP contribution is 2.17. The normalized spacial score (nSPS) is 16.1. The number of rotatable bonds is 7. The molecular weight excluding hydrogens is 385 g/mol. The van der Waals surface area contributed by atoms with Gasteiger partial charge in [-0.1, -0.05) is 6.92 Å². The molecule has 2 heterocycles. The Morgan fingerprint density at radius 3 is 2.44 bits per heavy atom. The monoisotopic (exact) mass is 415 g/mol. The van der Waals surface area contributed by atoms with E-state index in [1.165, 1.54) is 0 Å². The summed E-state index contributed by atoms with van der Waals surface area (Å²) in [4.78, 5) is 16.8. The lowest BCUT2D eigenvalue weighted by molar-refractivity contribution is -0.136. The first kappa shape index (κ1) is 26.7. The van der Waals surface area contributed by atoms with Crippen molar-refractivity contribution in [2.75, 3.05) is 40.3 Å². The summed E-state index contributed by atoms with van der Waals surface area (Å²) in [5.74, 6) is 0.303. The highest BCUT2D eigenvalue weighted by molar-refractivity contribution is 5.86. The number of aromatic nitrogens is 2. The van der Waals surface area contributed by atoms with Gasteiger partial charge in [0.1, 0.15) is 0 Å². The second kappa shape index (κ2) is 13.6. The van der Waals surface area contributed by atoms with Crippen LogP contribution in [0.4, 0.5) is 0 Å². The maximum atomic E-state index is 12.4. The predicted molar refractivity (Wildman–Crippen MR) is 109 cm³/mol. The maximum Gasteiger partial charge on any atom is 0.226 e. The number of halogens is 3. The minimum absolute atomic E-state index is 0. The summed E-state index contributed by atoms with van der Waals surface area (Å²) in [6.07, 6.45) is 5.95. The molecule has 1 unspecified atom stereocenters. The average molecular weight is 417 g/mol. The Labute approximate surface area is 169 Å². The highest BCUT2D eigenvalue weighted by atomic mass is 35.5. The number of nitrogens with zero attached hydrogens (tertiary/aromatic N) is 4.